The van der Waals surface area contributed by atoms with Crippen LogP contribution in [0.4, 0.5) is 5.69 Å². The fraction of sp³-hybridized carbons (Fsp3) is 0.444. The summed E-state index contributed by atoms with van der Waals surface area (Å²) in [5.74, 6) is 0.0163. The van der Waals surface area contributed by atoms with Gasteiger partial charge >= 0.3 is 0 Å². The molecule has 0 aliphatic carbocycles. The molecule has 78 valence electrons. The lowest BCUT2D eigenvalue weighted by atomic mass is 10.4. The molecule has 0 unspecified atom stereocenters. The number of nitrogens with two attached hydrogens (primary N) is 1. The third-order valence-electron chi connectivity index (χ3n) is 1.72. The Morgan fingerprint density at radius 3 is 3.00 bits per heavy atom. The van der Waals surface area contributed by atoms with Crippen LogP contribution in [0, 0.1) is 0 Å². The van der Waals surface area contributed by atoms with Crippen LogP contribution in [-0.2, 0) is 11.3 Å². The van der Waals surface area contributed by atoms with Crippen molar-refractivity contribution < 1.29 is 4.79 Å². The van der Waals surface area contributed by atoms with E-state index >= 15 is 0 Å². The second-order valence-electron chi connectivity index (χ2n) is 2.86. The number of anilines is 1. The van der Waals surface area contributed by atoms with E-state index < -0.39 is 0 Å². The minimum Gasteiger partial charge on any atom is -0.398 e. The standard InChI is InChI=1S/C9H15N3OS/c1-2-12-9(13)6-11-5-8-7(10)3-4-14-8/h3-4,11H,2,5-6,10H2,1H3,(H,12,13). The van der Waals surface area contributed by atoms with Gasteiger partial charge in [-0.2, -0.15) is 0 Å². The van der Waals surface area contributed by atoms with Crippen molar-refractivity contribution in [3.05, 3.63) is 16.3 Å². The molecule has 0 aromatic carbocycles. The molecule has 4 nitrogen and oxygen atoms in total. The quantitative estimate of drug-likeness (QED) is 0.669. The minimum atomic E-state index is 0.0163. The summed E-state index contributed by atoms with van der Waals surface area (Å²) in [5.41, 5.74) is 6.48. The summed E-state index contributed by atoms with van der Waals surface area (Å²) in [7, 11) is 0. The van der Waals surface area contributed by atoms with Gasteiger partial charge in [-0.3, -0.25) is 4.79 Å². The van der Waals surface area contributed by atoms with Gasteiger partial charge in [-0.1, -0.05) is 0 Å². The van der Waals surface area contributed by atoms with Crippen molar-refractivity contribution in [2.45, 2.75) is 13.5 Å². The number of rotatable bonds is 5. The third-order valence-corrected chi connectivity index (χ3v) is 2.66. The average Bonchev–Trinajstić information content (AvgIpc) is 2.52. The van der Waals surface area contributed by atoms with Gasteiger partial charge in [0.25, 0.3) is 0 Å². The Labute approximate surface area is 87.5 Å². The summed E-state index contributed by atoms with van der Waals surface area (Å²) in [6.45, 7) is 3.56. The van der Waals surface area contributed by atoms with Crippen molar-refractivity contribution in [2.75, 3.05) is 18.8 Å². The van der Waals surface area contributed by atoms with Gasteiger partial charge in [-0.15, -0.1) is 11.3 Å². The normalized spacial score (nSPS) is 10.1. The Morgan fingerprint density at radius 2 is 2.43 bits per heavy atom. The van der Waals surface area contributed by atoms with Crippen molar-refractivity contribution >= 4 is 22.9 Å². The SMILES string of the molecule is CCNC(=O)CNCc1sccc1N. The van der Waals surface area contributed by atoms with E-state index in [4.69, 9.17) is 5.73 Å². The molecular weight excluding hydrogens is 198 g/mol. The van der Waals surface area contributed by atoms with E-state index in [9.17, 15) is 4.79 Å². The van der Waals surface area contributed by atoms with Crippen LogP contribution in [0.1, 0.15) is 11.8 Å². The molecule has 1 heterocycles. The van der Waals surface area contributed by atoms with Gasteiger partial charge in [0.2, 0.25) is 5.91 Å². The van der Waals surface area contributed by atoms with Crippen LogP contribution in [0.3, 0.4) is 0 Å². The second-order valence-corrected chi connectivity index (χ2v) is 3.86. The first-order valence-corrected chi connectivity index (χ1v) is 5.41. The maximum absolute atomic E-state index is 11.1. The highest BCUT2D eigenvalue weighted by molar-refractivity contribution is 7.10. The lowest BCUT2D eigenvalue weighted by molar-refractivity contribution is -0.120. The molecule has 14 heavy (non-hydrogen) atoms. The zero-order chi connectivity index (χ0) is 10.4. The van der Waals surface area contributed by atoms with Crippen molar-refractivity contribution in [1.82, 2.24) is 10.6 Å². The van der Waals surface area contributed by atoms with Crippen LogP contribution in [-0.4, -0.2) is 19.0 Å². The van der Waals surface area contributed by atoms with Crippen LogP contribution < -0.4 is 16.4 Å². The van der Waals surface area contributed by atoms with Crippen molar-refractivity contribution in [1.29, 1.82) is 0 Å². The Morgan fingerprint density at radius 1 is 1.64 bits per heavy atom. The zero-order valence-electron chi connectivity index (χ0n) is 8.17. The average molecular weight is 213 g/mol. The highest BCUT2D eigenvalue weighted by Gasteiger charge is 2.01. The molecule has 5 heteroatoms. The summed E-state index contributed by atoms with van der Waals surface area (Å²) in [5, 5.41) is 7.69. The van der Waals surface area contributed by atoms with Crippen molar-refractivity contribution in [3.8, 4) is 0 Å². The van der Waals surface area contributed by atoms with Crippen LogP contribution in [0.15, 0.2) is 11.4 Å². The number of amides is 1. The van der Waals surface area contributed by atoms with E-state index in [2.05, 4.69) is 10.6 Å². The molecule has 0 fully saturated rings. The topological polar surface area (TPSA) is 67.2 Å². The maximum atomic E-state index is 11.1. The number of carbonyl (C=O) groups is 1. The number of hydrogen-bond acceptors (Lipinski definition) is 4. The van der Waals surface area contributed by atoms with Crippen LogP contribution >= 0.6 is 11.3 Å². The third kappa shape index (κ3) is 3.35. The molecule has 0 aliphatic heterocycles. The van der Waals surface area contributed by atoms with E-state index in [0.29, 0.717) is 19.6 Å². The zero-order valence-corrected chi connectivity index (χ0v) is 8.99. The predicted molar refractivity (Wildman–Crippen MR) is 59.1 cm³/mol. The summed E-state index contributed by atoms with van der Waals surface area (Å²) >= 11 is 1.60. The number of nitrogen functional groups attached to an aromatic ring is 1. The Hall–Kier alpha value is -1.07. The Bertz CT molecular complexity index is 298. The number of likely N-dealkylation sites (N-methyl/N-ethyl adjacent to an activating group) is 1. The first kappa shape index (κ1) is 11.0. The van der Waals surface area contributed by atoms with E-state index in [1.54, 1.807) is 11.3 Å². The molecule has 0 spiro atoms. The van der Waals surface area contributed by atoms with E-state index in [1.165, 1.54) is 0 Å². The summed E-state index contributed by atoms with van der Waals surface area (Å²) in [6.07, 6.45) is 0. The highest BCUT2D eigenvalue weighted by Crippen LogP contribution is 2.17. The van der Waals surface area contributed by atoms with Gasteiger partial charge < -0.3 is 16.4 Å². The van der Waals surface area contributed by atoms with Gasteiger partial charge in [-0.05, 0) is 18.4 Å². The number of nitrogens with one attached hydrogen (secondary N) is 2. The molecule has 1 amide bonds. The molecule has 1 aromatic heterocycles. The van der Waals surface area contributed by atoms with E-state index in [1.807, 2.05) is 18.4 Å². The fourth-order valence-electron chi connectivity index (χ4n) is 1.04. The lowest BCUT2D eigenvalue weighted by Crippen LogP contribution is -2.33. The highest BCUT2D eigenvalue weighted by atomic mass is 32.1. The maximum Gasteiger partial charge on any atom is 0.233 e. The molecule has 0 saturated heterocycles. The second kappa shape index (κ2) is 5.62. The van der Waals surface area contributed by atoms with E-state index in [-0.39, 0.29) is 5.91 Å². The molecule has 0 bridgehead atoms. The smallest absolute Gasteiger partial charge is 0.233 e. The number of hydrogen-bond donors (Lipinski definition) is 3. The number of carbonyl (C=O) groups excluding carboxylic acids is 1. The monoisotopic (exact) mass is 213 g/mol. The summed E-state index contributed by atoms with van der Waals surface area (Å²) < 4.78 is 0. The first-order chi connectivity index (χ1) is 6.74. The molecule has 0 atom stereocenters. The minimum absolute atomic E-state index is 0.0163. The summed E-state index contributed by atoms with van der Waals surface area (Å²) in [4.78, 5) is 12.1. The largest absolute Gasteiger partial charge is 0.398 e. The first-order valence-electron chi connectivity index (χ1n) is 4.53. The Balaban J connectivity index is 2.22. The molecule has 4 N–H and O–H groups in total. The summed E-state index contributed by atoms with van der Waals surface area (Å²) in [6, 6.07) is 1.87. The van der Waals surface area contributed by atoms with Crippen LogP contribution in [0.25, 0.3) is 0 Å². The van der Waals surface area contributed by atoms with Crippen LogP contribution in [0.2, 0.25) is 0 Å². The van der Waals surface area contributed by atoms with Crippen LogP contribution in [0.5, 0.6) is 0 Å². The van der Waals surface area contributed by atoms with Crippen molar-refractivity contribution in [2.24, 2.45) is 0 Å². The van der Waals surface area contributed by atoms with Gasteiger partial charge in [0, 0.05) is 23.7 Å². The number of thiophene rings is 1. The molecule has 1 aromatic rings. The van der Waals surface area contributed by atoms with E-state index in [0.717, 1.165) is 10.6 Å². The predicted octanol–water partition coefficient (Wildman–Crippen LogP) is 0.556. The molecule has 0 saturated carbocycles. The molecular formula is C9H15N3OS. The van der Waals surface area contributed by atoms with Gasteiger partial charge in [0.1, 0.15) is 0 Å². The van der Waals surface area contributed by atoms with Gasteiger partial charge in [0.05, 0.1) is 6.54 Å². The molecule has 0 radical (unpaired) electrons. The van der Waals surface area contributed by atoms with Crippen molar-refractivity contribution in [3.63, 3.8) is 0 Å². The fourth-order valence-corrected chi connectivity index (χ4v) is 1.81. The molecule has 1 rings (SSSR count). The molecule has 0 aliphatic rings. The van der Waals surface area contributed by atoms with Gasteiger partial charge in [0.15, 0.2) is 0 Å². The lowest BCUT2D eigenvalue weighted by Gasteiger charge is -2.03. The van der Waals surface area contributed by atoms with Gasteiger partial charge in [-0.25, -0.2) is 0 Å². The Kier molecular flexibility index (Phi) is 4.42.